The van der Waals surface area contributed by atoms with E-state index >= 15 is 0 Å². The number of carbonyl (C=O) groups is 2. The number of nitrogens with zero attached hydrogens (tertiary/aromatic N) is 2. The molecular formula is C28H28N2O2. The van der Waals surface area contributed by atoms with E-state index in [0.29, 0.717) is 17.7 Å². The molecule has 1 fully saturated rings. The van der Waals surface area contributed by atoms with Crippen LogP contribution in [0.15, 0.2) is 91.0 Å². The van der Waals surface area contributed by atoms with Crippen LogP contribution >= 0.6 is 0 Å². The number of anilines is 2. The Morgan fingerprint density at radius 1 is 0.781 bits per heavy atom. The van der Waals surface area contributed by atoms with Crippen LogP contribution in [0.1, 0.15) is 30.0 Å². The molecule has 0 radical (unpaired) electrons. The van der Waals surface area contributed by atoms with Crippen molar-refractivity contribution in [2.24, 2.45) is 0 Å². The molecule has 162 valence electrons. The minimum absolute atomic E-state index is 0.349. The van der Waals surface area contributed by atoms with Crippen molar-refractivity contribution in [2.45, 2.75) is 39.2 Å². The summed E-state index contributed by atoms with van der Waals surface area (Å²) in [6.07, 6.45) is 1.31. The third-order valence-electron chi connectivity index (χ3n) is 6.32. The summed E-state index contributed by atoms with van der Waals surface area (Å²) >= 11 is 0. The van der Waals surface area contributed by atoms with E-state index in [4.69, 9.17) is 0 Å². The van der Waals surface area contributed by atoms with E-state index in [-0.39, 0.29) is 11.9 Å². The maximum atomic E-state index is 13.9. The van der Waals surface area contributed by atoms with Crippen LogP contribution in [0.4, 0.5) is 16.2 Å². The van der Waals surface area contributed by atoms with Gasteiger partial charge in [-0.05, 0) is 63.4 Å². The molecule has 1 saturated heterocycles. The lowest BCUT2D eigenvalue weighted by molar-refractivity contribution is -0.115. The smallest absolute Gasteiger partial charge is 0.284 e. The summed E-state index contributed by atoms with van der Waals surface area (Å²) < 4.78 is 0. The van der Waals surface area contributed by atoms with Gasteiger partial charge in [-0.2, -0.15) is 0 Å². The van der Waals surface area contributed by atoms with Gasteiger partial charge in [0.25, 0.3) is 5.91 Å². The number of carbonyl (C=O) groups excluding carboxylic acids is 2. The number of hydrogen-bond acceptors (Lipinski definition) is 2. The quantitative estimate of drug-likeness (QED) is 0.456. The first kappa shape index (κ1) is 21.6. The zero-order chi connectivity index (χ0) is 22.9. The standard InChI is InChI=1S/C28H28N2O2/c1-20-10-14-24(15-11-20)29-26(31)22(3)28(4,19-18-23-8-6-5-7-9-23)30(27(29)32)25-16-12-21(2)13-17-25/h5-17H,3,18-19H2,1-2,4H3. The van der Waals surface area contributed by atoms with Crippen molar-refractivity contribution in [3.8, 4) is 0 Å². The van der Waals surface area contributed by atoms with Crippen LogP contribution in [-0.4, -0.2) is 17.5 Å². The highest BCUT2D eigenvalue weighted by Gasteiger charge is 2.50. The van der Waals surface area contributed by atoms with Crippen LogP contribution in [0, 0.1) is 13.8 Å². The molecule has 1 atom stereocenters. The molecule has 0 saturated carbocycles. The molecule has 4 rings (SSSR count). The Labute approximate surface area is 189 Å². The van der Waals surface area contributed by atoms with E-state index in [9.17, 15) is 9.59 Å². The molecule has 4 heteroatoms. The summed E-state index contributed by atoms with van der Waals surface area (Å²) in [6, 6.07) is 25.0. The van der Waals surface area contributed by atoms with Crippen LogP contribution in [-0.2, 0) is 11.2 Å². The largest absolute Gasteiger partial charge is 0.336 e. The van der Waals surface area contributed by atoms with Crippen molar-refractivity contribution in [2.75, 3.05) is 9.80 Å². The summed E-state index contributed by atoms with van der Waals surface area (Å²) in [5.74, 6) is -0.349. The zero-order valence-corrected chi connectivity index (χ0v) is 18.8. The fourth-order valence-corrected chi connectivity index (χ4v) is 4.20. The van der Waals surface area contributed by atoms with E-state index in [0.717, 1.165) is 28.8 Å². The number of amides is 3. The van der Waals surface area contributed by atoms with Gasteiger partial charge in [0.15, 0.2) is 0 Å². The lowest BCUT2D eigenvalue weighted by atomic mass is 9.81. The Hall–Kier alpha value is -3.66. The molecule has 4 nitrogen and oxygen atoms in total. The second-order valence-electron chi connectivity index (χ2n) is 8.67. The van der Waals surface area contributed by atoms with E-state index in [1.54, 1.807) is 17.0 Å². The van der Waals surface area contributed by atoms with E-state index in [1.807, 2.05) is 75.4 Å². The number of hydrogen-bond donors (Lipinski definition) is 0. The fourth-order valence-electron chi connectivity index (χ4n) is 4.20. The van der Waals surface area contributed by atoms with E-state index in [2.05, 4.69) is 18.7 Å². The van der Waals surface area contributed by atoms with Gasteiger partial charge in [-0.15, -0.1) is 0 Å². The maximum Gasteiger partial charge on any atom is 0.336 e. The highest BCUT2D eigenvalue weighted by atomic mass is 16.2. The molecule has 1 aliphatic rings. The van der Waals surface area contributed by atoms with Crippen LogP contribution in [0.25, 0.3) is 0 Å². The number of urea groups is 1. The minimum atomic E-state index is -0.847. The van der Waals surface area contributed by atoms with Gasteiger partial charge in [0.05, 0.1) is 11.2 Å². The normalized spacial score (nSPS) is 18.9. The second-order valence-corrected chi connectivity index (χ2v) is 8.67. The molecular weight excluding hydrogens is 396 g/mol. The molecule has 1 unspecified atom stereocenters. The molecule has 1 heterocycles. The van der Waals surface area contributed by atoms with Crippen molar-refractivity contribution in [3.63, 3.8) is 0 Å². The monoisotopic (exact) mass is 424 g/mol. The van der Waals surface area contributed by atoms with Gasteiger partial charge < -0.3 is 0 Å². The lowest BCUT2D eigenvalue weighted by Crippen LogP contribution is -2.65. The number of imide groups is 1. The number of rotatable bonds is 5. The third-order valence-corrected chi connectivity index (χ3v) is 6.32. The molecule has 1 aliphatic heterocycles. The van der Waals surface area contributed by atoms with Gasteiger partial charge in [-0.3, -0.25) is 9.69 Å². The Bertz CT molecular complexity index is 1150. The van der Waals surface area contributed by atoms with Gasteiger partial charge in [0.1, 0.15) is 0 Å². The molecule has 0 N–H and O–H groups in total. The van der Waals surface area contributed by atoms with Crippen molar-refractivity contribution in [3.05, 3.63) is 108 Å². The van der Waals surface area contributed by atoms with E-state index < -0.39 is 5.54 Å². The van der Waals surface area contributed by atoms with Gasteiger partial charge in [-0.25, -0.2) is 9.69 Å². The fraction of sp³-hybridized carbons (Fsp3) is 0.214. The molecule has 0 spiro atoms. The predicted octanol–water partition coefficient (Wildman–Crippen LogP) is 6.22. The average Bonchev–Trinajstić information content (AvgIpc) is 2.80. The Morgan fingerprint density at radius 3 is 1.88 bits per heavy atom. The topological polar surface area (TPSA) is 40.6 Å². The first-order valence-electron chi connectivity index (χ1n) is 10.9. The highest BCUT2D eigenvalue weighted by molar-refractivity contribution is 6.28. The van der Waals surface area contributed by atoms with Gasteiger partial charge >= 0.3 is 6.03 Å². The highest BCUT2D eigenvalue weighted by Crippen LogP contribution is 2.40. The molecule has 3 amide bonds. The molecule has 3 aromatic rings. The summed E-state index contributed by atoms with van der Waals surface area (Å²) in [6.45, 7) is 10.1. The van der Waals surface area contributed by atoms with E-state index in [1.165, 1.54) is 4.90 Å². The molecule has 0 aliphatic carbocycles. The van der Waals surface area contributed by atoms with Gasteiger partial charge in [0.2, 0.25) is 0 Å². The Kier molecular flexibility index (Phi) is 5.70. The summed E-state index contributed by atoms with van der Waals surface area (Å²) in [5, 5.41) is 0. The Balaban J connectivity index is 1.78. The summed E-state index contributed by atoms with van der Waals surface area (Å²) in [4.78, 5) is 30.3. The maximum absolute atomic E-state index is 13.9. The Morgan fingerprint density at radius 2 is 1.31 bits per heavy atom. The van der Waals surface area contributed by atoms with Crippen LogP contribution < -0.4 is 9.80 Å². The zero-order valence-electron chi connectivity index (χ0n) is 18.8. The van der Waals surface area contributed by atoms with Crippen molar-refractivity contribution < 1.29 is 9.59 Å². The first-order valence-corrected chi connectivity index (χ1v) is 10.9. The second kappa shape index (κ2) is 8.46. The van der Waals surface area contributed by atoms with Crippen molar-refractivity contribution >= 4 is 23.3 Å². The summed E-state index contributed by atoms with van der Waals surface area (Å²) in [5.41, 5.74) is 4.19. The van der Waals surface area contributed by atoms with Gasteiger partial charge in [0, 0.05) is 11.3 Å². The van der Waals surface area contributed by atoms with Crippen LogP contribution in [0.5, 0.6) is 0 Å². The molecule has 0 bridgehead atoms. The number of aryl methyl sites for hydroxylation is 3. The van der Waals surface area contributed by atoms with Crippen molar-refractivity contribution in [1.29, 1.82) is 0 Å². The SMILES string of the molecule is C=C1C(=O)N(c2ccc(C)cc2)C(=O)N(c2ccc(C)cc2)C1(C)CCc1ccccc1. The average molecular weight is 425 g/mol. The first-order chi connectivity index (χ1) is 15.3. The lowest BCUT2D eigenvalue weighted by Gasteiger charge is -2.48. The van der Waals surface area contributed by atoms with Gasteiger partial charge in [-0.1, -0.05) is 72.3 Å². The number of benzene rings is 3. The van der Waals surface area contributed by atoms with Crippen LogP contribution in [0.2, 0.25) is 0 Å². The minimum Gasteiger partial charge on any atom is -0.284 e. The molecule has 3 aromatic carbocycles. The van der Waals surface area contributed by atoms with Crippen LogP contribution in [0.3, 0.4) is 0 Å². The van der Waals surface area contributed by atoms with Crippen molar-refractivity contribution in [1.82, 2.24) is 0 Å². The third kappa shape index (κ3) is 3.84. The predicted molar refractivity (Wildman–Crippen MR) is 130 cm³/mol. The molecule has 0 aromatic heterocycles. The molecule has 32 heavy (non-hydrogen) atoms. The summed E-state index contributed by atoms with van der Waals surface area (Å²) in [7, 11) is 0.